The first-order chi connectivity index (χ1) is 20.0. The van der Waals surface area contributed by atoms with Crippen LogP contribution in [0.1, 0.15) is 21.1 Å². The Hall–Kier alpha value is -3.73. The number of rotatable bonds is 7. The number of anilines is 1. The smallest absolute Gasteiger partial charge is 0.273 e. The molecule has 11 heteroatoms. The van der Waals surface area contributed by atoms with E-state index in [9.17, 15) is 9.18 Å². The number of carbonyl (C=O) groups is 1. The van der Waals surface area contributed by atoms with Gasteiger partial charge in [0.25, 0.3) is 5.91 Å². The largest absolute Gasteiger partial charge is 0.368 e. The van der Waals surface area contributed by atoms with Crippen molar-refractivity contribution in [1.29, 1.82) is 0 Å². The van der Waals surface area contributed by atoms with Crippen LogP contribution in [0.3, 0.4) is 0 Å². The van der Waals surface area contributed by atoms with Gasteiger partial charge in [0.15, 0.2) is 11.0 Å². The van der Waals surface area contributed by atoms with Crippen LogP contribution in [0, 0.1) is 12.7 Å². The zero-order chi connectivity index (χ0) is 28.3. The maximum absolute atomic E-state index is 14.9. The average molecular weight is 605 g/mol. The number of piperazine rings is 1. The molecule has 1 fully saturated rings. The van der Waals surface area contributed by atoms with E-state index in [2.05, 4.69) is 39.1 Å². The van der Waals surface area contributed by atoms with Gasteiger partial charge in [-0.15, -0.1) is 21.5 Å². The van der Waals surface area contributed by atoms with Crippen LogP contribution >= 0.6 is 34.7 Å². The normalized spacial score (nSPS) is 13.5. The standard InChI is InChI=1S/C30H26ClFN6OS2/c1-20-8-2-6-12-25(20)36-14-16-37(17-15-36)29(39)24-18-40-27(33-24)19-41-30-35-34-28(21-9-3-4-10-22(21)31)38(30)26-13-7-5-11-23(26)32/h2-13,18H,14-17,19H2,1H3. The van der Waals surface area contributed by atoms with E-state index in [1.54, 1.807) is 28.8 Å². The summed E-state index contributed by atoms with van der Waals surface area (Å²) >= 11 is 9.26. The first-order valence-corrected chi connectivity index (χ1v) is 15.4. The summed E-state index contributed by atoms with van der Waals surface area (Å²) < 4.78 is 16.6. The monoisotopic (exact) mass is 604 g/mol. The molecule has 208 valence electrons. The molecule has 0 N–H and O–H groups in total. The molecule has 1 amide bonds. The molecule has 41 heavy (non-hydrogen) atoms. The second kappa shape index (κ2) is 12.0. The van der Waals surface area contributed by atoms with Gasteiger partial charge in [0.05, 0.1) is 16.5 Å². The fraction of sp³-hybridized carbons (Fsp3) is 0.200. The molecular formula is C30H26ClFN6OS2. The van der Waals surface area contributed by atoms with E-state index in [-0.39, 0.29) is 5.91 Å². The summed E-state index contributed by atoms with van der Waals surface area (Å²) in [7, 11) is 0. The minimum Gasteiger partial charge on any atom is -0.368 e. The molecule has 7 nitrogen and oxygen atoms in total. The van der Waals surface area contributed by atoms with Gasteiger partial charge in [-0.3, -0.25) is 9.36 Å². The maximum Gasteiger partial charge on any atom is 0.273 e. The number of benzene rings is 3. The lowest BCUT2D eigenvalue weighted by molar-refractivity contribution is 0.0741. The Morgan fingerprint density at radius 2 is 1.66 bits per heavy atom. The van der Waals surface area contributed by atoms with Gasteiger partial charge in [0.1, 0.15) is 16.5 Å². The third-order valence-corrected chi connectivity index (χ3v) is 9.26. The number of thioether (sulfide) groups is 1. The van der Waals surface area contributed by atoms with Gasteiger partial charge in [0, 0.05) is 42.8 Å². The van der Waals surface area contributed by atoms with Gasteiger partial charge in [-0.1, -0.05) is 65.8 Å². The Bertz CT molecular complexity index is 1700. The van der Waals surface area contributed by atoms with Crippen molar-refractivity contribution in [1.82, 2.24) is 24.6 Å². The van der Waals surface area contributed by atoms with Crippen molar-refractivity contribution >= 4 is 46.3 Å². The summed E-state index contributed by atoms with van der Waals surface area (Å²) in [5, 5.41) is 12.3. The molecule has 1 saturated heterocycles. The molecule has 0 aliphatic carbocycles. The van der Waals surface area contributed by atoms with Gasteiger partial charge in [-0.25, -0.2) is 9.37 Å². The SMILES string of the molecule is Cc1ccccc1N1CCN(C(=O)c2csc(CSc3nnc(-c4ccccc4Cl)n3-c3ccccc3F)n2)CC1. The molecule has 3 aromatic carbocycles. The summed E-state index contributed by atoms with van der Waals surface area (Å²) in [5.74, 6) is 0.446. The lowest BCUT2D eigenvalue weighted by atomic mass is 10.1. The number of amides is 1. The number of aryl methyl sites for hydroxylation is 1. The minimum absolute atomic E-state index is 0.0579. The molecule has 0 atom stereocenters. The van der Waals surface area contributed by atoms with E-state index in [1.807, 2.05) is 40.6 Å². The van der Waals surface area contributed by atoms with Crippen LogP contribution in [0.2, 0.25) is 5.02 Å². The molecule has 2 aromatic heterocycles. The van der Waals surface area contributed by atoms with E-state index in [0.29, 0.717) is 51.8 Å². The fourth-order valence-corrected chi connectivity index (χ4v) is 6.81. The molecule has 3 heterocycles. The third kappa shape index (κ3) is 5.72. The predicted molar refractivity (Wildman–Crippen MR) is 163 cm³/mol. The molecule has 0 spiro atoms. The average Bonchev–Trinajstić information content (AvgIpc) is 3.64. The summed E-state index contributed by atoms with van der Waals surface area (Å²) in [6, 6.07) is 22.1. The number of hydrogen-bond donors (Lipinski definition) is 0. The molecule has 5 aromatic rings. The highest BCUT2D eigenvalue weighted by Gasteiger charge is 2.25. The number of halogens is 2. The first-order valence-electron chi connectivity index (χ1n) is 13.1. The third-order valence-electron chi connectivity index (χ3n) is 6.96. The van der Waals surface area contributed by atoms with Crippen molar-refractivity contribution < 1.29 is 9.18 Å². The van der Waals surface area contributed by atoms with Gasteiger partial charge < -0.3 is 9.80 Å². The van der Waals surface area contributed by atoms with Crippen LogP contribution in [0.5, 0.6) is 0 Å². The van der Waals surface area contributed by atoms with Gasteiger partial charge in [-0.2, -0.15) is 0 Å². The second-order valence-corrected chi connectivity index (χ2v) is 11.8. The molecule has 1 aliphatic heterocycles. The summed E-state index contributed by atoms with van der Waals surface area (Å²) in [4.78, 5) is 22.1. The zero-order valence-electron chi connectivity index (χ0n) is 22.2. The van der Waals surface area contributed by atoms with Crippen molar-refractivity contribution in [3.05, 3.63) is 105 Å². The number of hydrogen-bond acceptors (Lipinski definition) is 7. The number of aromatic nitrogens is 4. The Balaban J connectivity index is 1.16. The van der Waals surface area contributed by atoms with Crippen LogP contribution in [-0.4, -0.2) is 56.7 Å². The molecular weight excluding hydrogens is 579 g/mol. The summed E-state index contributed by atoms with van der Waals surface area (Å²) in [5.41, 5.74) is 3.88. The predicted octanol–water partition coefficient (Wildman–Crippen LogP) is 6.75. The Kier molecular flexibility index (Phi) is 8.04. The summed E-state index contributed by atoms with van der Waals surface area (Å²) in [6.07, 6.45) is 0. The molecule has 1 aliphatic rings. The second-order valence-electron chi connectivity index (χ2n) is 9.55. The first kappa shape index (κ1) is 27.4. The van der Waals surface area contributed by atoms with E-state index in [4.69, 9.17) is 11.6 Å². The number of para-hydroxylation sites is 2. The fourth-order valence-electron chi connectivity index (χ4n) is 4.86. The van der Waals surface area contributed by atoms with Crippen LogP contribution in [0.15, 0.2) is 83.3 Å². The topological polar surface area (TPSA) is 67.2 Å². The van der Waals surface area contributed by atoms with E-state index in [1.165, 1.54) is 40.4 Å². The van der Waals surface area contributed by atoms with Crippen LogP contribution in [0.4, 0.5) is 10.1 Å². The zero-order valence-corrected chi connectivity index (χ0v) is 24.6. The van der Waals surface area contributed by atoms with Gasteiger partial charge >= 0.3 is 0 Å². The van der Waals surface area contributed by atoms with Crippen molar-refractivity contribution in [2.45, 2.75) is 17.8 Å². The van der Waals surface area contributed by atoms with Crippen LogP contribution in [-0.2, 0) is 5.75 Å². The molecule has 6 rings (SSSR count). The van der Waals surface area contributed by atoms with Crippen LogP contribution in [0.25, 0.3) is 17.1 Å². The number of thiazole rings is 1. The van der Waals surface area contributed by atoms with Crippen molar-refractivity contribution in [2.75, 3.05) is 31.1 Å². The van der Waals surface area contributed by atoms with Gasteiger partial charge in [0.2, 0.25) is 0 Å². The van der Waals surface area contributed by atoms with Crippen LogP contribution < -0.4 is 4.90 Å². The Morgan fingerprint density at radius 3 is 2.41 bits per heavy atom. The highest BCUT2D eigenvalue weighted by molar-refractivity contribution is 7.98. The lowest BCUT2D eigenvalue weighted by Crippen LogP contribution is -2.49. The quantitative estimate of drug-likeness (QED) is 0.192. The van der Waals surface area contributed by atoms with E-state index >= 15 is 0 Å². The minimum atomic E-state index is -0.396. The Morgan fingerprint density at radius 1 is 0.951 bits per heavy atom. The molecule has 0 saturated carbocycles. The number of nitrogens with zero attached hydrogens (tertiary/aromatic N) is 6. The van der Waals surface area contributed by atoms with E-state index < -0.39 is 5.82 Å². The number of carbonyl (C=O) groups excluding carboxylic acids is 1. The van der Waals surface area contributed by atoms with Crippen molar-refractivity contribution in [3.63, 3.8) is 0 Å². The van der Waals surface area contributed by atoms with Crippen molar-refractivity contribution in [2.24, 2.45) is 0 Å². The molecule has 0 bridgehead atoms. The Labute approximate surface area is 250 Å². The lowest BCUT2D eigenvalue weighted by Gasteiger charge is -2.36. The highest BCUT2D eigenvalue weighted by atomic mass is 35.5. The van der Waals surface area contributed by atoms with E-state index in [0.717, 1.165) is 18.1 Å². The highest BCUT2D eigenvalue weighted by Crippen LogP contribution is 2.34. The summed E-state index contributed by atoms with van der Waals surface area (Å²) in [6.45, 7) is 4.96. The maximum atomic E-state index is 14.9. The van der Waals surface area contributed by atoms with Gasteiger partial charge in [-0.05, 0) is 42.8 Å². The molecule has 0 radical (unpaired) electrons. The molecule has 0 unspecified atom stereocenters. The van der Waals surface area contributed by atoms with Crippen molar-refractivity contribution in [3.8, 4) is 17.1 Å².